The third kappa shape index (κ3) is 12.4. The number of carbonyl (C=O) groups excluding carboxylic acids is 1. The highest BCUT2D eigenvalue weighted by molar-refractivity contribution is 9.11. The fourth-order valence-corrected chi connectivity index (χ4v) is 14.3. The summed E-state index contributed by atoms with van der Waals surface area (Å²) in [6, 6.07) is 0. The lowest BCUT2D eigenvalue weighted by Crippen LogP contribution is -2.61. The summed E-state index contributed by atoms with van der Waals surface area (Å²) < 4.78 is 69.0. The van der Waals surface area contributed by atoms with Crippen molar-refractivity contribution >= 4 is 38.3 Å². The van der Waals surface area contributed by atoms with Gasteiger partial charge in [0.05, 0.1) is 67.6 Å². The fourth-order valence-electron chi connectivity index (χ4n) is 11.5. The van der Waals surface area contributed by atoms with E-state index in [1.165, 1.54) is 0 Å². The van der Waals surface area contributed by atoms with Crippen LogP contribution in [0.1, 0.15) is 132 Å². The molecule has 2 N–H and O–H groups in total. The molecule has 18 atom stereocenters. The van der Waals surface area contributed by atoms with Crippen LogP contribution in [0.3, 0.4) is 0 Å². The molecule has 0 aromatic carbocycles. The van der Waals surface area contributed by atoms with E-state index in [4.69, 9.17) is 46.7 Å². The van der Waals surface area contributed by atoms with Gasteiger partial charge in [-0.15, -0.1) is 0 Å². The highest BCUT2D eigenvalue weighted by Gasteiger charge is 2.68. The van der Waals surface area contributed by atoms with Gasteiger partial charge in [-0.2, -0.15) is 0 Å². The van der Waals surface area contributed by atoms with E-state index in [1.54, 1.807) is 7.11 Å². The molecule has 0 radical (unpaired) electrons. The van der Waals surface area contributed by atoms with Crippen LogP contribution in [0.25, 0.3) is 0 Å². The number of ether oxygens (including phenoxy) is 8. The molecule has 8 heterocycles. The molecule has 8 aliphatic rings. The smallest absolute Gasteiger partial charge is 0.192 e. The Morgan fingerprint density at radius 3 is 2.22 bits per heavy atom. The largest absolute Gasteiger partial charge is 0.414 e. The molecule has 390 valence electrons. The van der Waals surface area contributed by atoms with Gasteiger partial charge in [0.25, 0.3) is 0 Å². The molecule has 0 spiro atoms. The number of methoxy groups -OCH3 is 1. The second-order valence-corrected chi connectivity index (χ2v) is 35.4. The molecule has 0 aliphatic carbocycles. The highest BCUT2D eigenvalue weighted by atomic mass is 79.9. The van der Waals surface area contributed by atoms with Crippen molar-refractivity contribution in [3.63, 3.8) is 0 Å². The average Bonchev–Trinajstić information content (AvgIpc) is 3.80. The summed E-state index contributed by atoms with van der Waals surface area (Å²) in [5.41, 5.74) is 1.05. The number of fused-ring (bicyclic) bond motifs is 1. The summed E-state index contributed by atoms with van der Waals surface area (Å²) >= 11 is 3.38. The van der Waals surface area contributed by atoms with Gasteiger partial charge < -0.3 is 57.0 Å². The van der Waals surface area contributed by atoms with Crippen molar-refractivity contribution in [3.05, 3.63) is 23.2 Å². The predicted octanol–water partition coefficient (Wildman–Crippen LogP) is 9.46. The third-order valence-corrected chi connectivity index (χ3v) is 26.9. The molecule has 6 bridgehead atoms. The normalized spacial score (nSPS) is 39.2. The van der Waals surface area contributed by atoms with Crippen LogP contribution in [-0.2, 0) is 51.5 Å². The molecule has 8 rings (SSSR count). The molecule has 13 nitrogen and oxygen atoms in total. The molecule has 16 heteroatoms. The van der Waals surface area contributed by atoms with E-state index < -0.39 is 40.7 Å². The molecule has 0 saturated carbocycles. The second-order valence-electron chi connectivity index (χ2n) is 24.7. The monoisotopic (exact) mass is 1060 g/mol. The van der Waals surface area contributed by atoms with Gasteiger partial charge in [0.2, 0.25) is 0 Å². The molecule has 0 aromatic heterocycles. The van der Waals surface area contributed by atoms with Gasteiger partial charge in [0.15, 0.2) is 22.4 Å². The van der Waals surface area contributed by atoms with E-state index in [0.29, 0.717) is 58.0 Å². The van der Waals surface area contributed by atoms with Crippen molar-refractivity contribution < 1.29 is 61.8 Å². The van der Waals surface area contributed by atoms with Crippen LogP contribution in [0.4, 0.5) is 0 Å². The predicted molar refractivity (Wildman–Crippen MR) is 270 cm³/mol. The van der Waals surface area contributed by atoms with E-state index in [1.807, 2.05) is 0 Å². The van der Waals surface area contributed by atoms with Crippen LogP contribution in [0.15, 0.2) is 23.2 Å². The SMILES string of the molecule is C=C(Br)C[C@H](O)CC[C@@]12CC3O[C@H]4[C@@H](O1)[C@H]1OC(CC(=O)CC5C(CC6O[C@@H](CCCO)CC(C)C6=C)O[C@H](C[C@@H](CO[Si](C)(C)C(C)(C)C)O[Si](C)(C)C(C)(C)C)[C@@H]5OC)CC[C@@H]1O[C@H]4[C@H]3O2. The molecule has 8 fully saturated rings. The molecule has 68 heavy (non-hydrogen) atoms. The standard InChI is InChI=1S/C52H89BrO13Si2/c1-30-22-35(16-15-21-54)59-40(32(30)3)27-41-38(44(57-10)42(61-41)26-37(66-68(13,14)51(7,8)9)29-58-67(11,12)50(4,5)6)25-34(56)24-36-17-18-39-45(60-36)49-48-47(62-39)46-43(63-48)28-52(64-46,65-49)20-19-33(55)23-31(2)53/h30,33,35-49,54-55H,2-3,15-29H2,1,4-14H3/t30?,33-,35+,36?,37+,38?,39+,40?,41?,42-,43?,44-,45+,46+,47+,48-,49+,52+/m1/s1. The Balaban J connectivity index is 1.08. The molecule has 0 amide bonds. The van der Waals surface area contributed by atoms with Crippen LogP contribution in [0.2, 0.25) is 36.3 Å². The maximum Gasteiger partial charge on any atom is 0.192 e. The number of aliphatic hydroxyl groups is 2. The van der Waals surface area contributed by atoms with Gasteiger partial charge in [0, 0.05) is 64.6 Å². The number of aliphatic hydroxyl groups excluding tert-OH is 2. The zero-order valence-corrected chi connectivity index (χ0v) is 47.2. The molecular weight excluding hydrogens is 969 g/mol. The van der Waals surface area contributed by atoms with E-state index in [0.717, 1.165) is 29.3 Å². The number of hydrogen-bond acceptors (Lipinski definition) is 13. The maximum absolute atomic E-state index is 14.6. The van der Waals surface area contributed by atoms with Gasteiger partial charge >= 0.3 is 0 Å². The average molecular weight is 1060 g/mol. The summed E-state index contributed by atoms with van der Waals surface area (Å²) in [5.74, 6) is -0.797. The van der Waals surface area contributed by atoms with Crippen molar-refractivity contribution in [2.45, 2.75) is 266 Å². The van der Waals surface area contributed by atoms with Gasteiger partial charge in [-0.1, -0.05) is 77.6 Å². The Morgan fingerprint density at radius 1 is 0.882 bits per heavy atom. The lowest BCUT2D eigenvalue weighted by Gasteiger charge is -2.47. The Morgan fingerprint density at radius 2 is 1.56 bits per heavy atom. The number of rotatable bonds is 22. The summed E-state index contributed by atoms with van der Waals surface area (Å²) in [4.78, 5) is 14.6. The molecule has 8 saturated heterocycles. The Bertz CT molecular complexity index is 1750. The quantitative estimate of drug-likeness (QED) is 0.0784. The lowest BCUT2D eigenvalue weighted by atomic mass is 9.81. The fraction of sp³-hybridized carbons (Fsp3) is 0.904. The minimum Gasteiger partial charge on any atom is -0.414 e. The van der Waals surface area contributed by atoms with Gasteiger partial charge in [-0.3, -0.25) is 4.79 Å². The summed E-state index contributed by atoms with van der Waals surface area (Å²) in [6.07, 6.45) is 3.03. The maximum atomic E-state index is 14.6. The van der Waals surface area contributed by atoms with Crippen LogP contribution >= 0.6 is 15.9 Å². The highest BCUT2D eigenvalue weighted by Crippen LogP contribution is 2.54. The number of hydrogen-bond donors (Lipinski definition) is 2. The van der Waals surface area contributed by atoms with E-state index in [-0.39, 0.29) is 120 Å². The molecule has 0 aromatic rings. The van der Waals surface area contributed by atoms with Crippen molar-refractivity contribution in [1.82, 2.24) is 0 Å². The minimum absolute atomic E-state index is 0.0113. The summed E-state index contributed by atoms with van der Waals surface area (Å²) in [5, 5.41) is 20.4. The minimum atomic E-state index is -2.24. The number of halogens is 1. The van der Waals surface area contributed by atoms with Crippen molar-refractivity contribution in [1.29, 1.82) is 0 Å². The van der Waals surface area contributed by atoms with E-state index in [9.17, 15) is 15.0 Å². The number of ketones is 1. The second kappa shape index (κ2) is 21.8. The first-order valence-electron chi connectivity index (χ1n) is 26.0. The summed E-state index contributed by atoms with van der Waals surface area (Å²) in [6.45, 7) is 33.9. The first-order chi connectivity index (χ1) is 31.7. The molecule has 6 unspecified atom stereocenters. The number of Topliss-reactive ketones (excluding diaryl/α,β-unsaturated/α-hetero) is 1. The Hall–Kier alpha value is -0.416. The Kier molecular flexibility index (Phi) is 17.8. The molecular formula is C52H89BrO13Si2. The zero-order valence-electron chi connectivity index (χ0n) is 43.6. The zero-order chi connectivity index (χ0) is 49.7. The third-order valence-electron chi connectivity index (χ3n) is 17.5. The summed E-state index contributed by atoms with van der Waals surface area (Å²) in [7, 11) is -2.63. The van der Waals surface area contributed by atoms with E-state index in [2.05, 4.69) is 104 Å². The van der Waals surface area contributed by atoms with Crippen LogP contribution < -0.4 is 0 Å². The number of carbonyl (C=O) groups is 1. The van der Waals surface area contributed by atoms with Crippen LogP contribution in [0.5, 0.6) is 0 Å². The van der Waals surface area contributed by atoms with Crippen molar-refractivity contribution in [2.24, 2.45) is 11.8 Å². The van der Waals surface area contributed by atoms with Gasteiger partial charge in [0.1, 0.15) is 36.3 Å². The first-order valence-corrected chi connectivity index (χ1v) is 32.6. The Labute approximate surface area is 419 Å². The van der Waals surface area contributed by atoms with Crippen LogP contribution in [0, 0.1) is 11.8 Å². The molecule has 8 aliphatic heterocycles. The van der Waals surface area contributed by atoms with Gasteiger partial charge in [-0.25, -0.2) is 0 Å². The lowest BCUT2D eigenvalue weighted by molar-refractivity contribution is -0.292. The van der Waals surface area contributed by atoms with E-state index >= 15 is 0 Å². The first kappa shape index (κ1) is 55.3. The van der Waals surface area contributed by atoms with Gasteiger partial charge in [-0.05, 0) is 90.8 Å². The van der Waals surface area contributed by atoms with Crippen molar-refractivity contribution in [2.75, 3.05) is 20.3 Å². The van der Waals surface area contributed by atoms with Crippen molar-refractivity contribution in [3.8, 4) is 0 Å². The topological polar surface area (TPSA) is 150 Å². The van der Waals surface area contributed by atoms with Crippen LogP contribution in [-0.4, -0.2) is 150 Å².